The van der Waals surface area contributed by atoms with E-state index in [-0.39, 0.29) is 18.0 Å². The van der Waals surface area contributed by atoms with E-state index in [0.717, 1.165) is 34.7 Å². The van der Waals surface area contributed by atoms with Gasteiger partial charge in [0.2, 0.25) is 0 Å². The molecule has 0 saturated heterocycles. The normalized spacial score (nSPS) is 20.1. The second-order valence-electron chi connectivity index (χ2n) is 7.06. The number of fused-ring (bicyclic) bond motifs is 3. The number of ether oxygens (including phenoxy) is 1. The Morgan fingerprint density at radius 1 is 1.00 bits per heavy atom. The molecule has 0 unspecified atom stereocenters. The topological polar surface area (TPSA) is 36.9 Å². The SMILES string of the molecule is COc1ccc([C@H]2Nc3ccccc3[C@H]3CC(c4ccc(F)cc4)=NN32)cc1. The predicted molar refractivity (Wildman–Crippen MR) is 108 cm³/mol. The Bertz CT molecular complexity index is 1030. The highest BCUT2D eigenvalue weighted by molar-refractivity contribution is 6.02. The Kier molecular flexibility index (Phi) is 4.01. The van der Waals surface area contributed by atoms with Gasteiger partial charge in [-0.25, -0.2) is 4.39 Å². The van der Waals surface area contributed by atoms with E-state index in [1.807, 2.05) is 18.2 Å². The number of nitrogens with one attached hydrogen (secondary N) is 1. The van der Waals surface area contributed by atoms with Crippen LogP contribution in [-0.4, -0.2) is 17.8 Å². The Morgan fingerprint density at radius 3 is 2.50 bits per heavy atom. The second-order valence-corrected chi connectivity index (χ2v) is 7.06. The number of hydrogen-bond acceptors (Lipinski definition) is 4. The first-order valence-electron chi connectivity index (χ1n) is 9.34. The number of nitrogens with zero attached hydrogens (tertiary/aromatic N) is 2. The Morgan fingerprint density at radius 2 is 1.75 bits per heavy atom. The third-order valence-corrected chi connectivity index (χ3v) is 5.43. The van der Waals surface area contributed by atoms with Crippen molar-refractivity contribution in [2.24, 2.45) is 5.10 Å². The van der Waals surface area contributed by atoms with Crippen molar-refractivity contribution < 1.29 is 9.13 Å². The first-order valence-corrected chi connectivity index (χ1v) is 9.34. The van der Waals surface area contributed by atoms with E-state index in [1.165, 1.54) is 17.7 Å². The van der Waals surface area contributed by atoms with E-state index in [1.54, 1.807) is 19.2 Å². The number of benzene rings is 3. The summed E-state index contributed by atoms with van der Waals surface area (Å²) in [6.07, 6.45) is 0.709. The van der Waals surface area contributed by atoms with Crippen LogP contribution in [0.15, 0.2) is 77.9 Å². The largest absolute Gasteiger partial charge is 0.497 e. The minimum absolute atomic E-state index is 0.0799. The molecule has 2 heterocycles. The standard InChI is InChI=1S/C23H20FN3O/c1-28-18-12-8-16(9-13-18)23-25-20-5-3-2-4-19(20)22-14-21(26-27(22)23)15-6-10-17(24)11-7-15/h2-13,22-23,25H,14H2,1H3/t22-,23+/m1/s1. The number of methoxy groups -OCH3 is 1. The molecule has 2 aliphatic heterocycles. The van der Waals surface area contributed by atoms with Gasteiger partial charge < -0.3 is 10.1 Å². The zero-order valence-corrected chi connectivity index (χ0v) is 15.5. The van der Waals surface area contributed by atoms with Gasteiger partial charge in [0.15, 0.2) is 0 Å². The number of para-hydroxylation sites is 1. The van der Waals surface area contributed by atoms with Crippen LogP contribution in [0.2, 0.25) is 0 Å². The number of rotatable bonds is 3. The summed E-state index contributed by atoms with van der Waals surface area (Å²) in [6.45, 7) is 0. The van der Waals surface area contributed by atoms with E-state index in [2.05, 4.69) is 40.7 Å². The summed E-state index contributed by atoms with van der Waals surface area (Å²) < 4.78 is 18.6. The molecule has 140 valence electrons. The van der Waals surface area contributed by atoms with Crippen LogP contribution in [0, 0.1) is 5.82 Å². The number of hydrogen-bond donors (Lipinski definition) is 1. The van der Waals surface area contributed by atoms with E-state index in [0.29, 0.717) is 0 Å². The fourth-order valence-electron chi connectivity index (χ4n) is 3.99. The predicted octanol–water partition coefficient (Wildman–Crippen LogP) is 5.11. The monoisotopic (exact) mass is 373 g/mol. The molecule has 5 rings (SSSR count). The highest BCUT2D eigenvalue weighted by Gasteiger charge is 2.39. The summed E-state index contributed by atoms with van der Waals surface area (Å²) in [5.41, 5.74) is 5.40. The zero-order valence-electron chi connectivity index (χ0n) is 15.5. The van der Waals surface area contributed by atoms with Crippen LogP contribution in [-0.2, 0) is 0 Å². The first-order chi connectivity index (χ1) is 13.7. The van der Waals surface area contributed by atoms with Crippen LogP contribution in [0.5, 0.6) is 5.75 Å². The maximum atomic E-state index is 13.3. The van der Waals surface area contributed by atoms with Crippen LogP contribution in [0.1, 0.15) is 35.3 Å². The lowest BCUT2D eigenvalue weighted by Crippen LogP contribution is -2.35. The molecule has 0 fully saturated rings. The van der Waals surface area contributed by atoms with Crippen molar-refractivity contribution in [2.75, 3.05) is 12.4 Å². The Balaban J connectivity index is 1.56. The first kappa shape index (κ1) is 16.8. The van der Waals surface area contributed by atoms with E-state index >= 15 is 0 Å². The van der Waals surface area contributed by atoms with Crippen molar-refractivity contribution >= 4 is 11.4 Å². The van der Waals surface area contributed by atoms with Crippen molar-refractivity contribution in [2.45, 2.75) is 18.6 Å². The van der Waals surface area contributed by atoms with Crippen LogP contribution in [0.4, 0.5) is 10.1 Å². The quantitative estimate of drug-likeness (QED) is 0.693. The fraction of sp³-hybridized carbons (Fsp3) is 0.174. The van der Waals surface area contributed by atoms with Gasteiger partial charge in [-0.15, -0.1) is 0 Å². The number of halogens is 1. The van der Waals surface area contributed by atoms with Crippen molar-refractivity contribution in [1.82, 2.24) is 5.01 Å². The Hall–Kier alpha value is -3.34. The van der Waals surface area contributed by atoms with Gasteiger partial charge in [0, 0.05) is 12.1 Å². The van der Waals surface area contributed by atoms with E-state index < -0.39 is 0 Å². The molecule has 0 amide bonds. The molecule has 28 heavy (non-hydrogen) atoms. The molecule has 5 heteroatoms. The lowest BCUT2D eigenvalue weighted by atomic mass is 9.94. The maximum absolute atomic E-state index is 13.3. The van der Waals surface area contributed by atoms with Crippen molar-refractivity contribution in [3.8, 4) is 5.75 Å². The lowest BCUT2D eigenvalue weighted by molar-refractivity contribution is 0.169. The van der Waals surface area contributed by atoms with Gasteiger partial charge in [0.05, 0.1) is 18.9 Å². The number of anilines is 1. The average molecular weight is 373 g/mol. The molecule has 0 saturated carbocycles. The summed E-state index contributed by atoms with van der Waals surface area (Å²) in [5, 5.41) is 10.7. The molecular formula is C23H20FN3O. The smallest absolute Gasteiger partial charge is 0.142 e. The van der Waals surface area contributed by atoms with Crippen molar-refractivity contribution in [3.05, 3.63) is 95.3 Å². The molecule has 0 aromatic heterocycles. The van der Waals surface area contributed by atoms with Crippen LogP contribution < -0.4 is 10.1 Å². The maximum Gasteiger partial charge on any atom is 0.142 e. The molecule has 0 aliphatic carbocycles. The summed E-state index contributed by atoms with van der Waals surface area (Å²) in [4.78, 5) is 0. The highest BCUT2D eigenvalue weighted by Crippen LogP contribution is 2.46. The molecule has 2 aliphatic rings. The molecule has 3 aromatic carbocycles. The summed E-state index contributed by atoms with van der Waals surface area (Å²) in [6, 6.07) is 23.1. The van der Waals surface area contributed by atoms with Crippen molar-refractivity contribution in [3.63, 3.8) is 0 Å². The molecule has 0 radical (unpaired) electrons. The van der Waals surface area contributed by atoms with Crippen molar-refractivity contribution in [1.29, 1.82) is 0 Å². The van der Waals surface area contributed by atoms with Gasteiger partial charge in [-0.1, -0.05) is 42.5 Å². The van der Waals surface area contributed by atoms with Gasteiger partial charge in [-0.05, 0) is 47.0 Å². The third kappa shape index (κ3) is 2.80. The summed E-state index contributed by atoms with van der Waals surface area (Å²) in [7, 11) is 1.67. The van der Waals surface area contributed by atoms with Crippen LogP contribution in [0.25, 0.3) is 0 Å². The molecule has 1 N–H and O–H groups in total. The van der Waals surface area contributed by atoms with E-state index in [4.69, 9.17) is 9.84 Å². The lowest BCUT2D eigenvalue weighted by Gasteiger charge is -2.39. The molecule has 0 bridgehead atoms. The van der Waals surface area contributed by atoms with Gasteiger partial charge in [0.1, 0.15) is 17.7 Å². The zero-order chi connectivity index (χ0) is 19.1. The Labute approximate surface area is 163 Å². The molecule has 0 spiro atoms. The molecular weight excluding hydrogens is 353 g/mol. The number of hydrazone groups is 1. The highest BCUT2D eigenvalue weighted by atomic mass is 19.1. The van der Waals surface area contributed by atoms with Crippen LogP contribution in [0.3, 0.4) is 0 Å². The van der Waals surface area contributed by atoms with Crippen LogP contribution >= 0.6 is 0 Å². The molecule has 4 nitrogen and oxygen atoms in total. The summed E-state index contributed by atoms with van der Waals surface area (Å²) in [5.74, 6) is 0.594. The van der Waals surface area contributed by atoms with Gasteiger partial charge in [-0.2, -0.15) is 5.10 Å². The fourth-order valence-corrected chi connectivity index (χ4v) is 3.99. The van der Waals surface area contributed by atoms with E-state index in [9.17, 15) is 4.39 Å². The van der Waals surface area contributed by atoms with Gasteiger partial charge in [-0.3, -0.25) is 5.01 Å². The summed E-state index contributed by atoms with van der Waals surface area (Å²) >= 11 is 0. The van der Waals surface area contributed by atoms with Gasteiger partial charge in [0.25, 0.3) is 0 Å². The minimum atomic E-state index is -0.233. The third-order valence-electron chi connectivity index (χ3n) is 5.43. The molecule has 3 aromatic rings. The molecule has 2 atom stereocenters. The second kappa shape index (κ2) is 6.68. The van der Waals surface area contributed by atoms with Gasteiger partial charge >= 0.3 is 0 Å². The minimum Gasteiger partial charge on any atom is -0.497 e. The average Bonchev–Trinajstić information content (AvgIpc) is 3.19.